The predicted molar refractivity (Wildman–Crippen MR) is 69.7 cm³/mol. The highest BCUT2D eigenvalue weighted by atomic mass is 16.5. The Balaban J connectivity index is 2.16. The van der Waals surface area contributed by atoms with Gasteiger partial charge in [0.1, 0.15) is 0 Å². The van der Waals surface area contributed by atoms with E-state index >= 15 is 0 Å². The number of aromatic nitrogens is 2. The molecule has 2 aromatic rings. The number of methoxy groups -OCH3 is 1. The highest BCUT2D eigenvalue weighted by Gasteiger charge is 2.04. The van der Waals surface area contributed by atoms with Crippen LogP contribution in [0.15, 0.2) is 42.6 Å². The van der Waals surface area contributed by atoms with E-state index in [-0.39, 0.29) is 12.4 Å². The SMILES string of the molecule is COC(=O)CC=Cc1cn[nH]c1-c1ccccc1. The van der Waals surface area contributed by atoms with Gasteiger partial charge >= 0.3 is 5.97 Å². The molecule has 0 bridgehead atoms. The molecule has 0 spiro atoms. The fraction of sp³-hybridized carbons (Fsp3) is 0.143. The first kappa shape index (κ1) is 12.1. The first-order valence-corrected chi connectivity index (χ1v) is 5.63. The monoisotopic (exact) mass is 242 g/mol. The van der Waals surface area contributed by atoms with Gasteiger partial charge in [-0.1, -0.05) is 42.5 Å². The van der Waals surface area contributed by atoms with Gasteiger partial charge in [-0.2, -0.15) is 5.10 Å². The van der Waals surface area contributed by atoms with Gasteiger partial charge in [0.2, 0.25) is 0 Å². The zero-order valence-corrected chi connectivity index (χ0v) is 10.1. The van der Waals surface area contributed by atoms with Crippen LogP contribution in [-0.4, -0.2) is 23.3 Å². The molecule has 1 N–H and O–H groups in total. The summed E-state index contributed by atoms with van der Waals surface area (Å²) in [5.41, 5.74) is 2.95. The molecule has 0 fully saturated rings. The minimum atomic E-state index is -0.254. The summed E-state index contributed by atoms with van der Waals surface area (Å²) in [7, 11) is 1.38. The van der Waals surface area contributed by atoms with Gasteiger partial charge in [0.15, 0.2) is 0 Å². The summed E-state index contributed by atoms with van der Waals surface area (Å²) < 4.78 is 4.57. The van der Waals surface area contributed by atoms with Gasteiger partial charge in [-0.05, 0) is 0 Å². The fourth-order valence-corrected chi connectivity index (χ4v) is 1.62. The van der Waals surface area contributed by atoms with Crippen molar-refractivity contribution in [2.75, 3.05) is 7.11 Å². The average Bonchev–Trinajstić information content (AvgIpc) is 2.88. The van der Waals surface area contributed by atoms with Crippen LogP contribution in [0.2, 0.25) is 0 Å². The number of aromatic amines is 1. The molecule has 1 aromatic carbocycles. The van der Waals surface area contributed by atoms with Crippen molar-refractivity contribution in [1.29, 1.82) is 0 Å². The maximum atomic E-state index is 11.0. The molecule has 0 saturated heterocycles. The van der Waals surface area contributed by atoms with Crippen LogP contribution in [-0.2, 0) is 9.53 Å². The second-order valence-corrected chi connectivity index (χ2v) is 3.75. The number of H-pyrrole nitrogens is 1. The van der Waals surface area contributed by atoms with Crippen LogP contribution in [0.3, 0.4) is 0 Å². The van der Waals surface area contributed by atoms with Crippen molar-refractivity contribution in [2.24, 2.45) is 0 Å². The Kier molecular flexibility index (Phi) is 3.91. The van der Waals surface area contributed by atoms with Crippen molar-refractivity contribution >= 4 is 12.0 Å². The Bertz CT molecular complexity index is 544. The maximum Gasteiger partial charge on any atom is 0.309 e. The number of benzene rings is 1. The Morgan fingerprint density at radius 3 is 2.89 bits per heavy atom. The van der Waals surface area contributed by atoms with Crippen LogP contribution in [0.5, 0.6) is 0 Å². The number of nitrogens with one attached hydrogen (secondary N) is 1. The van der Waals surface area contributed by atoms with E-state index in [1.807, 2.05) is 36.4 Å². The smallest absolute Gasteiger partial charge is 0.309 e. The van der Waals surface area contributed by atoms with E-state index in [4.69, 9.17) is 0 Å². The standard InChI is InChI=1S/C14H14N2O2/c1-18-13(17)9-5-8-12-10-15-16-14(12)11-6-3-2-4-7-11/h2-8,10H,9H2,1H3,(H,15,16). The first-order valence-electron chi connectivity index (χ1n) is 5.63. The molecule has 0 aliphatic rings. The highest BCUT2D eigenvalue weighted by Crippen LogP contribution is 2.21. The van der Waals surface area contributed by atoms with Crippen molar-refractivity contribution in [1.82, 2.24) is 10.2 Å². The number of nitrogens with zero attached hydrogens (tertiary/aromatic N) is 1. The number of hydrogen-bond donors (Lipinski definition) is 1. The molecule has 0 aliphatic heterocycles. The Labute approximate surface area is 105 Å². The molecule has 0 unspecified atom stereocenters. The molecular formula is C14H14N2O2. The molecule has 92 valence electrons. The minimum absolute atomic E-state index is 0.254. The van der Waals surface area contributed by atoms with Crippen LogP contribution in [0, 0.1) is 0 Å². The van der Waals surface area contributed by atoms with Gasteiger partial charge in [-0.3, -0.25) is 9.89 Å². The van der Waals surface area contributed by atoms with Crippen molar-refractivity contribution < 1.29 is 9.53 Å². The Morgan fingerprint density at radius 1 is 1.39 bits per heavy atom. The third-order valence-electron chi connectivity index (χ3n) is 2.54. The summed E-state index contributed by atoms with van der Waals surface area (Å²) in [5, 5.41) is 6.98. The van der Waals surface area contributed by atoms with Gasteiger partial charge in [0, 0.05) is 11.1 Å². The Morgan fingerprint density at radius 2 is 2.17 bits per heavy atom. The van der Waals surface area contributed by atoms with Crippen molar-refractivity contribution in [3.8, 4) is 11.3 Å². The number of hydrogen-bond acceptors (Lipinski definition) is 3. The average molecular weight is 242 g/mol. The molecule has 0 amide bonds. The lowest BCUT2D eigenvalue weighted by Crippen LogP contribution is -1.96. The van der Waals surface area contributed by atoms with Gasteiger partial charge in [0.25, 0.3) is 0 Å². The topological polar surface area (TPSA) is 55.0 Å². The summed E-state index contributed by atoms with van der Waals surface area (Å²) in [4.78, 5) is 11.0. The summed E-state index contributed by atoms with van der Waals surface area (Å²) in [6.45, 7) is 0. The zero-order chi connectivity index (χ0) is 12.8. The molecule has 0 saturated carbocycles. The van der Waals surface area contributed by atoms with E-state index in [1.54, 1.807) is 12.3 Å². The number of rotatable bonds is 4. The third kappa shape index (κ3) is 2.85. The number of esters is 1. The zero-order valence-electron chi connectivity index (χ0n) is 10.1. The summed E-state index contributed by atoms with van der Waals surface area (Å²) in [5.74, 6) is -0.254. The van der Waals surface area contributed by atoms with E-state index in [9.17, 15) is 4.79 Å². The third-order valence-corrected chi connectivity index (χ3v) is 2.54. The first-order chi connectivity index (χ1) is 8.81. The molecular weight excluding hydrogens is 228 g/mol. The van der Waals surface area contributed by atoms with Crippen molar-refractivity contribution in [2.45, 2.75) is 6.42 Å². The Hall–Kier alpha value is -2.36. The summed E-state index contributed by atoms with van der Waals surface area (Å²) >= 11 is 0. The lowest BCUT2D eigenvalue weighted by Gasteiger charge is -1.98. The molecule has 4 nitrogen and oxygen atoms in total. The van der Waals surface area contributed by atoms with Gasteiger partial charge in [-0.25, -0.2) is 0 Å². The second-order valence-electron chi connectivity index (χ2n) is 3.75. The minimum Gasteiger partial charge on any atom is -0.469 e. The lowest BCUT2D eigenvalue weighted by molar-refractivity contribution is -0.139. The van der Waals surface area contributed by atoms with Crippen molar-refractivity contribution in [3.63, 3.8) is 0 Å². The van der Waals surface area contributed by atoms with Crippen LogP contribution >= 0.6 is 0 Å². The normalized spacial score (nSPS) is 10.7. The highest BCUT2D eigenvalue weighted by molar-refractivity contribution is 5.75. The van der Waals surface area contributed by atoms with Gasteiger partial charge < -0.3 is 4.74 Å². The quantitative estimate of drug-likeness (QED) is 0.838. The number of carbonyl (C=O) groups excluding carboxylic acids is 1. The molecule has 0 atom stereocenters. The van der Waals surface area contributed by atoms with Gasteiger partial charge in [-0.15, -0.1) is 0 Å². The van der Waals surface area contributed by atoms with E-state index in [2.05, 4.69) is 14.9 Å². The molecule has 1 aromatic heterocycles. The van der Waals surface area contributed by atoms with E-state index < -0.39 is 0 Å². The van der Waals surface area contributed by atoms with Crippen LogP contribution in [0.25, 0.3) is 17.3 Å². The molecule has 2 rings (SSSR count). The number of carbonyl (C=O) groups is 1. The molecule has 0 radical (unpaired) electrons. The van der Waals surface area contributed by atoms with Crippen LogP contribution < -0.4 is 0 Å². The van der Waals surface area contributed by atoms with E-state index in [1.165, 1.54) is 7.11 Å². The second kappa shape index (κ2) is 5.82. The molecule has 0 aliphatic carbocycles. The predicted octanol–water partition coefficient (Wildman–Crippen LogP) is 2.65. The lowest BCUT2D eigenvalue weighted by atomic mass is 10.1. The molecule has 1 heterocycles. The van der Waals surface area contributed by atoms with Gasteiger partial charge in [0.05, 0.1) is 25.4 Å². The molecule has 4 heteroatoms. The van der Waals surface area contributed by atoms with E-state index in [0.29, 0.717) is 0 Å². The molecule has 18 heavy (non-hydrogen) atoms. The fourth-order valence-electron chi connectivity index (χ4n) is 1.62. The van der Waals surface area contributed by atoms with E-state index in [0.717, 1.165) is 16.8 Å². The summed E-state index contributed by atoms with van der Waals surface area (Å²) in [6, 6.07) is 9.92. The van der Waals surface area contributed by atoms with Crippen molar-refractivity contribution in [3.05, 3.63) is 48.2 Å². The summed E-state index contributed by atoms with van der Waals surface area (Å²) in [6.07, 6.45) is 5.62. The number of ether oxygens (including phenoxy) is 1. The van der Waals surface area contributed by atoms with Crippen LogP contribution in [0.4, 0.5) is 0 Å². The van der Waals surface area contributed by atoms with Crippen LogP contribution in [0.1, 0.15) is 12.0 Å². The maximum absolute atomic E-state index is 11.0. The largest absolute Gasteiger partial charge is 0.469 e.